The average molecular weight is 310 g/mol. The van der Waals surface area contributed by atoms with Crippen LogP contribution in [0.2, 0.25) is 0 Å². The van der Waals surface area contributed by atoms with Crippen molar-refractivity contribution in [2.75, 3.05) is 6.54 Å². The third-order valence-electron chi connectivity index (χ3n) is 5.54. The van der Waals surface area contributed by atoms with Crippen LogP contribution in [0, 0.1) is 23.7 Å². The Morgan fingerprint density at radius 2 is 1.50 bits per heavy atom. The highest BCUT2D eigenvalue weighted by atomic mass is 16.2. The summed E-state index contributed by atoms with van der Waals surface area (Å²) in [5.74, 6) is 3.39. The van der Waals surface area contributed by atoms with Gasteiger partial charge in [0.25, 0.3) is 0 Å². The largest absolute Gasteiger partial charge is 0.338 e. The average Bonchev–Trinajstić information content (AvgIpc) is 2.40. The van der Waals surface area contributed by atoms with Crippen molar-refractivity contribution in [2.24, 2.45) is 23.7 Å². The van der Waals surface area contributed by atoms with E-state index in [9.17, 15) is 4.79 Å². The smallest absolute Gasteiger partial charge is 0.222 e. The molecule has 1 aliphatic rings. The predicted molar refractivity (Wildman–Crippen MR) is 95.8 cm³/mol. The van der Waals surface area contributed by atoms with Crippen molar-refractivity contribution in [3.05, 3.63) is 0 Å². The Balaban J connectivity index is 2.90. The van der Waals surface area contributed by atoms with Crippen molar-refractivity contribution in [1.82, 2.24) is 4.90 Å². The van der Waals surface area contributed by atoms with Crippen molar-refractivity contribution in [3.8, 4) is 0 Å². The van der Waals surface area contributed by atoms with Gasteiger partial charge >= 0.3 is 0 Å². The number of nitrogens with zero attached hydrogens (tertiary/aromatic N) is 1. The maximum atomic E-state index is 12.6. The zero-order chi connectivity index (χ0) is 16.9. The Kier molecular flexibility index (Phi) is 7.41. The lowest BCUT2D eigenvalue weighted by atomic mass is 9.78. The van der Waals surface area contributed by atoms with Gasteiger partial charge in [-0.25, -0.2) is 0 Å². The van der Waals surface area contributed by atoms with E-state index in [2.05, 4.69) is 53.4 Å². The van der Waals surface area contributed by atoms with Crippen LogP contribution in [0.25, 0.3) is 0 Å². The normalized spacial score (nSPS) is 26.4. The first-order chi connectivity index (χ1) is 10.1. The van der Waals surface area contributed by atoms with E-state index in [-0.39, 0.29) is 5.54 Å². The van der Waals surface area contributed by atoms with Crippen LogP contribution in [-0.4, -0.2) is 22.9 Å². The van der Waals surface area contributed by atoms with Crippen molar-refractivity contribution in [3.63, 3.8) is 0 Å². The van der Waals surface area contributed by atoms with E-state index in [1.165, 1.54) is 19.3 Å². The van der Waals surface area contributed by atoms with Crippen LogP contribution in [0.3, 0.4) is 0 Å². The Hall–Kier alpha value is -0.530. The third kappa shape index (κ3) is 5.93. The molecule has 0 radical (unpaired) electrons. The number of amides is 1. The summed E-state index contributed by atoms with van der Waals surface area (Å²) in [6, 6.07) is 0. The molecule has 1 aliphatic heterocycles. The number of carbonyl (C=O) groups excluding carboxylic acids is 1. The number of rotatable bonds is 2. The second kappa shape index (κ2) is 8.36. The van der Waals surface area contributed by atoms with Crippen LogP contribution in [0.5, 0.6) is 0 Å². The van der Waals surface area contributed by atoms with E-state index in [0.717, 1.165) is 43.6 Å². The molecular weight excluding hydrogens is 270 g/mol. The molecule has 1 saturated heterocycles. The summed E-state index contributed by atoms with van der Waals surface area (Å²) in [5.41, 5.74) is -0.0515. The van der Waals surface area contributed by atoms with E-state index in [1.807, 2.05) is 0 Å². The van der Waals surface area contributed by atoms with E-state index in [0.29, 0.717) is 11.8 Å². The zero-order valence-corrected chi connectivity index (χ0v) is 16.1. The molecule has 0 spiro atoms. The van der Waals surface area contributed by atoms with Crippen molar-refractivity contribution < 1.29 is 4.79 Å². The van der Waals surface area contributed by atoms with Gasteiger partial charge in [-0.2, -0.15) is 0 Å². The fourth-order valence-corrected chi connectivity index (χ4v) is 3.78. The number of hydrogen-bond donors (Lipinski definition) is 0. The lowest BCUT2D eigenvalue weighted by molar-refractivity contribution is -0.136. The van der Waals surface area contributed by atoms with E-state index < -0.39 is 0 Å². The summed E-state index contributed by atoms with van der Waals surface area (Å²) in [7, 11) is 0. The van der Waals surface area contributed by atoms with Crippen LogP contribution in [0.1, 0.15) is 87.0 Å². The summed E-state index contributed by atoms with van der Waals surface area (Å²) in [6.45, 7) is 16.9. The Morgan fingerprint density at radius 3 is 2.00 bits per heavy atom. The van der Waals surface area contributed by atoms with Gasteiger partial charge in [-0.1, -0.05) is 40.5 Å². The van der Waals surface area contributed by atoms with Gasteiger partial charge in [0, 0.05) is 18.5 Å². The van der Waals surface area contributed by atoms with Gasteiger partial charge in [0.2, 0.25) is 5.91 Å². The maximum Gasteiger partial charge on any atom is 0.222 e. The van der Waals surface area contributed by atoms with Crippen LogP contribution >= 0.6 is 0 Å². The SMILES string of the molecule is CC(C)C1CCCCC(=O)N(C(C)(C)C)CCC(C(C)C)C1. The predicted octanol–water partition coefficient (Wildman–Crippen LogP) is 5.51. The minimum Gasteiger partial charge on any atom is -0.338 e. The second-order valence-electron chi connectivity index (χ2n) is 8.99. The molecule has 0 aromatic rings. The molecule has 2 atom stereocenters. The summed E-state index contributed by atoms with van der Waals surface area (Å²) in [4.78, 5) is 14.7. The molecule has 1 amide bonds. The van der Waals surface area contributed by atoms with E-state index >= 15 is 0 Å². The van der Waals surface area contributed by atoms with Crippen LogP contribution in [0.15, 0.2) is 0 Å². The summed E-state index contributed by atoms with van der Waals surface area (Å²) < 4.78 is 0. The van der Waals surface area contributed by atoms with Gasteiger partial charge in [0.05, 0.1) is 0 Å². The molecule has 1 heterocycles. The second-order valence-corrected chi connectivity index (χ2v) is 8.99. The van der Waals surface area contributed by atoms with Gasteiger partial charge in [-0.05, 0) is 63.7 Å². The molecule has 2 heteroatoms. The quantitative estimate of drug-likeness (QED) is 0.658. The molecule has 0 N–H and O–H groups in total. The number of hydrogen-bond acceptors (Lipinski definition) is 1. The molecule has 0 aromatic heterocycles. The molecule has 2 unspecified atom stereocenters. The first-order valence-corrected chi connectivity index (χ1v) is 9.43. The monoisotopic (exact) mass is 309 g/mol. The highest BCUT2D eigenvalue weighted by molar-refractivity contribution is 5.76. The first kappa shape index (κ1) is 19.5. The number of carbonyl (C=O) groups is 1. The molecule has 0 aromatic carbocycles. The van der Waals surface area contributed by atoms with Crippen molar-refractivity contribution >= 4 is 5.91 Å². The summed E-state index contributed by atoms with van der Waals surface area (Å²) in [5, 5.41) is 0. The van der Waals surface area contributed by atoms with Gasteiger partial charge in [0.15, 0.2) is 0 Å². The van der Waals surface area contributed by atoms with Gasteiger partial charge < -0.3 is 4.90 Å². The molecule has 22 heavy (non-hydrogen) atoms. The topological polar surface area (TPSA) is 20.3 Å². The minimum atomic E-state index is -0.0515. The molecule has 0 saturated carbocycles. The molecule has 1 rings (SSSR count). The molecule has 2 nitrogen and oxygen atoms in total. The Bertz CT molecular complexity index is 340. The van der Waals surface area contributed by atoms with Crippen molar-refractivity contribution in [2.45, 2.75) is 92.5 Å². The molecule has 0 bridgehead atoms. The fourth-order valence-electron chi connectivity index (χ4n) is 3.78. The van der Waals surface area contributed by atoms with E-state index in [4.69, 9.17) is 0 Å². The minimum absolute atomic E-state index is 0.0515. The van der Waals surface area contributed by atoms with Crippen LogP contribution in [0.4, 0.5) is 0 Å². The summed E-state index contributed by atoms with van der Waals surface area (Å²) in [6.07, 6.45) is 6.78. The molecule has 1 fully saturated rings. The lowest BCUT2D eigenvalue weighted by Gasteiger charge is -2.37. The maximum absolute atomic E-state index is 12.6. The highest BCUT2D eigenvalue weighted by Crippen LogP contribution is 2.33. The fraction of sp³-hybridized carbons (Fsp3) is 0.950. The Morgan fingerprint density at radius 1 is 0.955 bits per heavy atom. The Labute approximate surface area is 139 Å². The van der Waals surface area contributed by atoms with Gasteiger partial charge in [-0.15, -0.1) is 0 Å². The van der Waals surface area contributed by atoms with Crippen molar-refractivity contribution in [1.29, 1.82) is 0 Å². The van der Waals surface area contributed by atoms with Crippen LogP contribution in [-0.2, 0) is 4.79 Å². The van der Waals surface area contributed by atoms with Crippen LogP contribution < -0.4 is 0 Å². The highest BCUT2D eigenvalue weighted by Gasteiger charge is 2.29. The molecule has 0 aliphatic carbocycles. The first-order valence-electron chi connectivity index (χ1n) is 9.43. The molecule has 130 valence electrons. The lowest BCUT2D eigenvalue weighted by Crippen LogP contribution is -2.46. The standard InChI is InChI=1S/C20H39NO/c1-15(2)17-10-8-9-11-19(22)21(20(5,6)7)13-12-18(14-17)16(3)4/h15-18H,8-14H2,1-7H3. The zero-order valence-electron chi connectivity index (χ0n) is 16.1. The molecular formula is C20H39NO. The third-order valence-corrected chi connectivity index (χ3v) is 5.54. The van der Waals surface area contributed by atoms with Gasteiger partial charge in [0.1, 0.15) is 0 Å². The van der Waals surface area contributed by atoms with E-state index in [1.54, 1.807) is 0 Å². The van der Waals surface area contributed by atoms with Gasteiger partial charge in [-0.3, -0.25) is 4.79 Å². The summed E-state index contributed by atoms with van der Waals surface area (Å²) >= 11 is 0.